The molecule has 6 N–H and O–H groups in total. The van der Waals surface area contributed by atoms with Gasteiger partial charge in [-0.3, -0.25) is 14.2 Å². The van der Waals surface area contributed by atoms with Crippen LogP contribution in [0.2, 0.25) is 0 Å². The van der Waals surface area contributed by atoms with Gasteiger partial charge in [0, 0.05) is 25.3 Å². The lowest BCUT2D eigenvalue weighted by Crippen LogP contribution is -2.52. The van der Waals surface area contributed by atoms with Gasteiger partial charge < -0.3 is 50.3 Å². The topological polar surface area (TPSA) is 332 Å². The van der Waals surface area contributed by atoms with Crippen LogP contribution in [0.5, 0.6) is 0 Å². The number of anilines is 3. The molecule has 0 fully saturated rings. The Bertz CT molecular complexity index is 2660. The van der Waals surface area contributed by atoms with Crippen molar-refractivity contribution in [3.63, 3.8) is 0 Å². The number of fused-ring (bicyclic) bond motifs is 1. The highest BCUT2D eigenvalue weighted by Gasteiger charge is 2.50. The predicted octanol–water partition coefficient (Wildman–Crippen LogP) is 5.34. The van der Waals surface area contributed by atoms with Crippen molar-refractivity contribution in [2.45, 2.75) is 142 Å². The van der Waals surface area contributed by atoms with Crippen molar-refractivity contribution < 1.29 is 71.1 Å². The molecule has 3 heterocycles. The number of methoxy groups -OCH3 is 1. The van der Waals surface area contributed by atoms with Crippen LogP contribution >= 0.6 is 0 Å². The van der Waals surface area contributed by atoms with Crippen molar-refractivity contribution in [1.29, 1.82) is 0 Å². The van der Waals surface area contributed by atoms with E-state index >= 15 is 8.78 Å². The monoisotopic (exact) mass is 1010 g/mol. The molecule has 0 bridgehead atoms. The zero-order valence-electron chi connectivity index (χ0n) is 41.7. The van der Waals surface area contributed by atoms with Crippen LogP contribution in [-0.4, -0.2) is 125 Å². The van der Waals surface area contributed by atoms with Crippen LogP contribution in [0.4, 0.5) is 40.7 Å². The van der Waals surface area contributed by atoms with Gasteiger partial charge in [0.05, 0.1) is 18.4 Å². The van der Waals surface area contributed by atoms with Crippen molar-refractivity contribution in [3.05, 3.63) is 70.0 Å². The van der Waals surface area contributed by atoms with E-state index < -0.39 is 115 Å². The number of carbonyl (C=O) groups is 6. The van der Waals surface area contributed by atoms with Crippen molar-refractivity contribution in [1.82, 2.24) is 34.8 Å². The number of benzene rings is 1. The fourth-order valence-electron chi connectivity index (χ4n) is 6.43. The number of carboxylic acid groups (broad SMARTS) is 1. The molecule has 0 radical (unpaired) electrons. The van der Waals surface area contributed by atoms with Gasteiger partial charge in [-0.2, -0.15) is 19.9 Å². The smallest absolute Gasteiger partial charge is 0.480 e. The number of alkyl halides is 2. The van der Waals surface area contributed by atoms with Gasteiger partial charge in [-0.25, -0.2) is 42.7 Å². The number of rotatable bonds is 18. The summed E-state index contributed by atoms with van der Waals surface area (Å²) in [6.07, 6.45) is -7.11. The van der Waals surface area contributed by atoms with Crippen LogP contribution in [-0.2, 0) is 51.0 Å². The molecule has 0 aliphatic rings. The molecule has 4 atom stereocenters. The van der Waals surface area contributed by atoms with Crippen molar-refractivity contribution in [3.8, 4) is 0 Å². The second-order valence-corrected chi connectivity index (χ2v) is 19.3. The number of nitrogen functional groups attached to an aromatic ring is 2. The highest BCUT2D eigenvalue weighted by molar-refractivity contribution is 6.08. The number of amides is 3. The second-order valence-electron chi connectivity index (χ2n) is 19.3. The molecule has 392 valence electrons. The van der Waals surface area contributed by atoms with E-state index in [1.54, 1.807) is 12.1 Å². The number of halogens is 2. The maximum absolute atomic E-state index is 16.4. The van der Waals surface area contributed by atoms with Gasteiger partial charge in [0.15, 0.2) is 28.9 Å². The summed E-state index contributed by atoms with van der Waals surface area (Å²) in [6.45, 7) is 12.7. The minimum atomic E-state index is -4.24. The SMILES string of the molecule is CO[C@H](COC(=O)CCC(NC(=O)c1ccc(C(C)Cc2cnc3nc(N)nc(N)c3n2)cc1)C(=O)O)[C@H](OC(=O)OC(C)(C)C)C(F)(F)Cn1ccc(N(C(=O)OC(C)(C)C)C(=O)OC(C)(C)C)nc1=O. The molecular weight excluding hydrogens is 955 g/mol. The van der Waals surface area contributed by atoms with E-state index in [1.807, 2.05) is 6.92 Å². The Morgan fingerprint density at radius 3 is 1.99 bits per heavy atom. The van der Waals surface area contributed by atoms with Gasteiger partial charge >= 0.3 is 41.9 Å². The van der Waals surface area contributed by atoms with Crippen molar-refractivity contribution in [2.24, 2.45) is 0 Å². The predicted molar refractivity (Wildman–Crippen MR) is 252 cm³/mol. The van der Waals surface area contributed by atoms with Crippen molar-refractivity contribution >= 4 is 64.9 Å². The van der Waals surface area contributed by atoms with Gasteiger partial charge in [-0.1, -0.05) is 19.1 Å². The van der Waals surface area contributed by atoms with Crippen LogP contribution in [0, 0.1) is 0 Å². The maximum Gasteiger partial charge on any atom is 0.509 e. The van der Waals surface area contributed by atoms with Crippen LogP contribution in [0.1, 0.15) is 110 Å². The number of aliphatic carboxylic acids is 1. The van der Waals surface area contributed by atoms with Gasteiger partial charge in [-0.15, -0.1) is 0 Å². The Hall–Kier alpha value is -7.64. The number of imide groups is 1. The summed E-state index contributed by atoms with van der Waals surface area (Å²) >= 11 is 0. The van der Waals surface area contributed by atoms with E-state index in [2.05, 4.69) is 30.2 Å². The molecular formula is C46H60F2N10O14. The Morgan fingerprint density at radius 2 is 1.44 bits per heavy atom. The summed E-state index contributed by atoms with van der Waals surface area (Å²) in [7, 11) is 0.941. The molecule has 3 aromatic heterocycles. The molecule has 0 saturated carbocycles. The summed E-state index contributed by atoms with van der Waals surface area (Å²) in [6, 6.07) is 5.62. The van der Waals surface area contributed by atoms with E-state index in [-0.39, 0.29) is 28.9 Å². The first kappa shape index (κ1) is 56.9. The standard InChI is InChI=1S/C46H60F2N10O14/c1-24(20-27-21-51-35-32(52-27)34(49)55-38(50)56-35)25-12-14-26(15-13-25)36(60)53-28(37(61)62)16-17-31(59)68-22-29(67-11)33(69-42(66)72-45(8,9)10)46(47,48)23-57-19-18-30(54-39(57)63)58(40(64)70-43(2,3)4)41(65)71-44(5,6)7/h12-15,18-19,21,24,28-29,33H,16-17,20,22-23H2,1-11H3,(H,53,60)(H,61,62)(H4,49,50,51,55,56)/t24?,28?,29-,33+/m1/s1. The van der Waals surface area contributed by atoms with Crippen LogP contribution in [0.3, 0.4) is 0 Å². The minimum Gasteiger partial charge on any atom is -0.480 e. The van der Waals surface area contributed by atoms with Crippen LogP contribution in [0.15, 0.2) is 47.5 Å². The third kappa shape index (κ3) is 16.8. The summed E-state index contributed by atoms with van der Waals surface area (Å²) in [5.41, 5.74) is 8.74. The number of hydrogen-bond donors (Lipinski definition) is 4. The van der Waals surface area contributed by atoms with E-state index in [0.717, 1.165) is 24.9 Å². The second kappa shape index (κ2) is 23.1. The molecule has 2 unspecified atom stereocenters. The molecule has 26 heteroatoms. The summed E-state index contributed by atoms with van der Waals surface area (Å²) in [4.78, 5) is 111. The van der Waals surface area contributed by atoms with E-state index in [0.29, 0.717) is 27.1 Å². The lowest BCUT2D eigenvalue weighted by atomic mass is 9.95. The first-order valence-electron chi connectivity index (χ1n) is 22.2. The third-order valence-corrected chi connectivity index (χ3v) is 9.70. The number of carboxylic acids is 1. The number of aromatic nitrogens is 6. The zero-order valence-corrected chi connectivity index (χ0v) is 41.7. The van der Waals surface area contributed by atoms with Gasteiger partial charge in [0.1, 0.15) is 35.6 Å². The molecule has 4 rings (SSSR count). The quantitative estimate of drug-likeness (QED) is 0.0721. The molecule has 24 nitrogen and oxygen atoms in total. The Labute approximate surface area is 412 Å². The first-order valence-corrected chi connectivity index (χ1v) is 22.2. The molecule has 72 heavy (non-hydrogen) atoms. The van der Waals surface area contributed by atoms with E-state index in [9.17, 15) is 38.7 Å². The van der Waals surface area contributed by atoms with Crippen LogP contribution < -0.4 is 27.4 Å². The highest BCUT2D eigenvalue weighted by atomic mass is 19.3. The van der Waals surface area contributed by atoms with E-state index in [1.165, 1.54) is 80.6 Å². The van der Waals surface area contributed by atoms with Crippen LogP contribution in [0.25, 0.3) is 11.2 Å². The number of ether oxygens (including phenoxy) is 6. The lowest BCUT2D eigenvalue weighted by molar-refractivity contribution is -0.192. The number of carbonyl (C=O) groups excluding carboxylic acids is 5. The zero-order chi connectivity index (χ0) is 54.1. The number of nitrogens with zero attached hydrogens (tertiary/aromatic N) is 7. The Balaban J connectivity index is 1.44. The Morgan fingerprint density at radius 1 is 0.847 bits per heavy atom. The fourth-order valence-corrected chi connectivity index (χ4v) is 6.43. The lowest BCUT2D eigenvalue weighted by Gasteiger charge is -2.32. The molecule has 4 aromatic rings. The highest BCUT2D eigenvalue weighted by Crippen LogP contribution is 2.30. The molecule has 0 aliphatic heterocycles. The molecule has 0 saturated heterocycles. The molecule has 3 amide bonds. The number of hydrogen-bond acceptors (Lipinski definition) is 20. The number of esters is 1. The number of nitrogens with two attached hydrogens (primary N) is 2. The molecule has 0 aliphatic carbocycles. The average Bonchev–Trinajstić information content (AvgIpc) is 3.24. The van der Waals surface area contributed by atoms with Gasteiger partial charge in [-0.05, 0) is 105 Å². The van der Waals surface area contributed by atoms with Gasteiger partial charge in [0.2, 0.25) is 5.95 Å². The molecule has 0 spiro atoms. The summed E-state index contributed by atoms with van der Waals surface area (Å²) < 4.78 is 64.3. The largest absolute Gasteiger partial charge is 0.509 e. The van der Waals surface area contributed by atoms with Gasteiger partial charge in [0.25, 0.3) is 5.91 Å². The number of nitrogens with one attached hydrogen (secondary N) is 1. The maximum atomic E-state index is 16.4. The average molecular weight is 1020 g/mol. The third-order valence-electron chi connectivity index (χ3n) is 9.70. The normalized spacial score (nSPS) is 13.7. The van der Waals surface area contributed by atoms with E-state index in [4.69, 9.17) is 39.9 Å². The minimum absolute atomic E-state index is 0.0350. The first-order chi connectivity index (χ1) is 33.2. The fraction of sp³-hybridized carbons (Fsp3) is 0.522. The molecule has 1 aromatic carbocycles. The summed E-state index contributed by atoms with van der Waals surface area (Å²) in [5.74, 6) is -8.32. The Kier molecular flexibility index (Phi) is 18.2. The van der Waals surface area contributed by atoms with Crippen molar-refractivity contribution in [2.75, 3.05) is 30.1 Å². The summed E-state index contributed by atoms with van der Waals surface area (Å²) in [5, 5.41) is 12.2.